The van der Waals surface area contributed by atoms with Gasteiger partial charge in [0.05, 0.1) is 11.8 Å². The van der Waals surface area contributed by atoms with Crippen molar-refractivity contribution in [3.05, 3.63) is 53.3 Å². The number of rotatable bonds is 5. The van der Waals surface area contributed by atoms with Crippen LogP contribution in [0.15, 0.2) is 36.7 Å². The summed E-state index contributed by atoms with van der Waals surface area (Å²) in [6, 6.07) is 5.40. The molecule has 1 aromatic carbocycles. The van der Waals surface area contributed by atoms with E-state index in [4.69, 9.17) is 0 Å². The summed E-state index contributed by atoms with van der Waals surface area (Å²) in [6.45, 7) is 1.73. The monoisotopic (exact) mass is 313 g/mol. The molecule has 1 aromatic heterocycles. The number of benzene rings is 1. The number of nitrogens with one attached hydrogen (secondary N) is 1. The molecule has 0 amide bonds. The molecule has 4 nitrogen and oxygen atoms in total. The molecule has 120 valence electrons. The van der Waals surface area contributed by atoms with E-state index < -0.39 is 17.3 Å². The first-order valence-corrected chi connectivity index (χ1v) is 6.77. The SMILES string of the molecule is Cn1cc(C(C)(O)CNCc2ccccc2C(F)(F)F)cn1. The molecule has 0 saturated heterocycles. The summed E-state index contributed by atoms with van der Waals surface area (Å²) in [7, 11) is 1.73. The lowest BCUT2D eigenvalue weighted by Gasteiger charge is -2.23. The predicted molar refractivity (Wildman–Crippen MR) is 75.9 cm³/mol. The Balaban J connectivity index is 2.03. The zero-order valence-corrected chi connectivity index (χ0v) is 12.4. The Kier molecular flexibility index (Phi) is 4.58. The molecule has 1 heterocycles. The average Bonchev–Trinajstić information content (AvgIpc) is 2.85. The maximum absolute atomic E-state index is 12.9. The van der Waals surface area contributed by atoms with Gasteiger partial charge in [-0.25, -0.2) is 0 Å². The summed E-state index contributed by atoms with van der Waals surface area (Å²) < 4.78 is 40.2. The number of aromatic nitrogens is 2. The van der Waals surface area contributed by atoms with Gasteiger partial charge in [0.1, 0.15) is 5.60 Å². The van der Waals surface area contributed by atoms with Crippen molar-refractivity contribution in [3.63, 3.8) is 0 Å². The third-order valence-corrected chi connectivity index (χ3v) is 3.43. The van der Waals surface area contributed by atoms with Crippen molar-refractivity contribution in [1.82, 2.24) is 15.1 Å². The second-order valence-corrected chi connectivity index (χ2v) is 5.43. The van der Waals surface area contributed by atoms with E-state index in [1.165, 1.54) is 18.3 Å². The zero-order valence-electron chi connectivity index (χ0n) is 12.4. The van der Waals surface area contributed by atoms with Crippen LogP contribution in [0.5, 0.6) is 0 Å². The molecular formula is C15H18F3N3O. The van der Waals surface area contributed by atoms with Crippen LogP contribution < -0.4 is 5.32 Å². The average molecular weight is 313 g/mol. The molecule has 0 bridgehead atoms. The molecule has 22 heavy (non-hydrogen) atoms. The van der Waals surface area contributed by atoms with Gasteiger partial charge in [0.15, 0.2) is 0 Å². The minimum Gasteiger partial charge on any atom is -0.384 e. The first-order valence-electron chi connectivity index (χ1n) is 6.77. The summed E-state index contributed by atoms with van der Waals surface area (Å²) in [5.74, 6) is 0. The lowest BCUT2D eigenvalue weighted by Crippen LogP contribution is -2.35. The van der Waals surface area contributed by atoms with Crippen molar-refractivity contribution in [1.29, 1.82) is 0 Å². The van der Waals surface area contributed by atoms with E-state index in [1.54, 1.807) is 30.9 Å². The van der Waals surface area contributed by atoms with E-state index in [-0.39, 0.29) is 18.7 Å². The summed E-state index contributed by atoms with van der Waals surface area (Å²) in [6.07, 6.45) is -1.18. The van der Waals surface area contributed by atoms with Crippen LogP contribution >= 0.6 is 0 Å². The van der Waals surface area contributed by atoms with Crippen LogP contribution in [0.2, 0.25) is 0 Å². The van der Waals surface area contributed by atoms with Crippen molar-refractivity contribution in [2.75, 3.05) is 6.54 Å². The van der Waals surface area contributed by atoms with Crippen LogP contribution in [-0.4, -0.2) is 21.4 Å². The number of alkyl halides is 3. The van der Waals surface area contributed by atoms with E-state index in [0.717, 1.165) is 6.07 Å². The smallest absolute Gasteiger partial charge is 0.384 e. The van der Waals surface area contributed by atoms with Crippen molar-refractivity contribution < 1.29 is 18.3 Å². The highest BCUT2D eigenvalue weighted by molar-refractivity contribution is 5.29. The second-order valence-electron chi connectivity index (χ2n) is 5.43. The van der Waals surface area contributed by atoms with Gasteiger partial charge in [0, 0.05) is 31.9 Å². The molecule has 7 heteroatoms. The molecule has 0 saturated carbocycles. The second kappa shape index (κ2) is 6.10. The van der Waals surface area contributed by atoms with Crippen LogP contribution in [-0.2, 0) is 25.4 Å². The molecule has 0 spiro atoms. The number of halogens is 3. The minimum atomic E-state index is -4.38. The van der Waals surface area contributed by atoms with Gasteiger partial charge in [-0.2, -0.15) is 18.3 Å². The van der Waals surface area contributed by atoms with Gasteiger partial charge in [-0.3, -0.25) is 4.68 Å². The Morgan fingerprint density at radius 1 is 1.27 bits per heavy atom. The van der Waals surface area contributed by atoms with Crippen LogP contribution in [0.25, 0.3) is 0 Å². The lowest BCUT2D eigenvalue weighted by atomic mass is 9.99. The molecule has 0 aliphatic rings. The lowest BCUT2D eigenvalue weighted by molar-refractivity contribution is -0.138. The summed E-state index contributed by atoms with van der Waals surface area (Å²) in [4.78, 5) is 0. The Morgan fingerprint density at radius 2 is 1.95 bits per heavy atom. The van der Waals surface area contributed by atoms with E-state index in [9.17, 15) is 18.3 Å². The molecule has 2 N–H and O–H groups in total. The van der Waals surface area contributed by atoms with Gasteiger partial charge in [0.2, 0.25) is 0 Å². The molecule has 0 fully saturated rings. The maximum Gasteiger partial charge on any atom is 0.416 e. The van der Waals surface area contributed by atoms with Crippen molar-refractivity contribution >= 4 is 0 Å². The Bertz CT molecular complexity index is 635. The van der Waals surface area contributed by atoms with E-state index in [0.29, 0.717) is 5.56 Å². The Labute approximate surface area is 126 Å². The highest BCUT2D eigenvalue weighted by atomic mass is 19.4. The fourth-order valence-corrected chi connectivity index (χ4v) is 2.19. The zero-order chi connectivity index (χ0) is 16.4. The van der Waals surface area contributed by atoms with Gasteiger partial charge < -0.3 is 10.4 Å². The van der Waals surface area contributed by atoms with Gasteiger partial charge >= 0.3 is 6.18 Å². The van der Waals surface area contributed by atoms with Crippen LogP contribution in [0, 0.1) is 0 Å². The molecule has 0 radical (unpaired) electrons. The number of nitrogens with zero attached hydrogens (tertiary/aromatic N) is 2. The van der Waals surface area contributed by atoms with Crippen LogP contribution in [0.4, 0.5) is 13.2 Å². The fourth-order valence-electron chi connectivity index (χ4n) is 2.19. The normalized spacial score (nSPS) is 14.8. The number of hydrogen-bond acceptors (Lipinski definition) is 3. The maximum atomic E-state index is 12.9. The van der Waals surface area contributed by atoms with Gasteiger partial charge in [-0.1, -0.05) is 18.2 Å². The van der Waals surface area contributed by atoms with E-state index in [2.05, 4.69) is 10.4 Å². The molecule has 1 unspecified atom stereocenters. The van der Waals surface area contributed by atoms with Gasteiger partial charge in [-0.05, 0) is 18.6 Å². The molecule has 1 atom stereocenters. The topological polar surface area (TPSA) is 50.1 Å². The van der Waals surface area contributed by atoms with Gasteiger partial charge in [0.25, 0.3) is 0 Å². The standard InChI is InChI=1S/C15H18F3N3O/c1-14(22,12-8-20-21(2)9-12)10-19-7-11-5-3-4-6-13(11)15(16,17)18/h3-6,8-9,19,22H,7,10H2,1-2H3. The van der Waals surface area contributed by atoms with Crippen LogP contribution in [0.1, 0.15) is 23.6 Å². The summed E-state index contributed by atoms with van der Waals surface area (Å²) >= 11 is 0. The summed E-state index contributed by atoms with van der Waals surface area (Å²) in [5, 5.41) is 17.2. The number of aryl methyl sites for hydroxylation is 1. The highest BCUT2D eigenvalue weighted by Gasteiger charge is 2.33. The van der Waals surface area contributed by atoms with Gasteiger partial charge in [-0.15, -0.1) is 0 Å². The van der Waals surface area contributed by atoms with E-state index in [1.807, 2.05) is 0 Å². The Hall–Kier alpha value is -1.86. The predicted octanol–water partition coefficient (Wildman–Crippen LogP) is 2.44. The minimum absolute atomic E-state index is 0.0199. The third-order valence-electron chi connectivity index (χ3n) is 3.43. The molecule has 0 aliphatic heterocycles. The van der Waals surface area contributed by atoms with Crippen molar-refractivity contribution in [3.8, 4) is 0 Å². The largest absolute Gasteiger partial charge is 0.416 e. The number of aliphatic hydroxyl groups is 1. The quantitative estimate of drug-likeness (QED) is 0.891. The van der Waals surface area contributed by atoms with E-state index >= 15 is 0 Å². The van der Waals surface area contributed by atoms with Crippen LogP contribution in [0.3, 0.4) is 0 Å². The third kappa shape index (κ3) is 3.86. The highest BCUT2D eigenvalue weighted by Crippen LogP contribution is 2.31. The number of hydrogen-bond donors (Lipinski definition) is 2. The first-order chi connectivity index (χ1) is 10.2. The summed E-state index contributed by atoms with van der Waals surface area (Å²) in [5.41, 5.74) is -1.12. The van der Waals surface area contributed by atoms with Crippen molar-refractivity contribution in [2.45, 2.75) is 25.2 Å². The molecular weight excluding hydrogens is 295 g/mol. The first kappa shape index (κ1) is 16.5. The molecule has 2 rings (SSSR count). The van der Waals surface area contributed by atoms with Crippen molar-refractivity contribution in [2.24, 2.45) is 7.05 Å². The fraction of sp³-hybridized carbons (Fsp3) is 0.400. The molecule has 0 aliphatic carbocycles. The Morgan fingerprint density at radius 3 is 2.55 bits per heavy atom. The molecule has 2 aromatic rings.